The Hall–Kier alpha value is -2.55. The number of benzene rings is 1. The van der Waals surface area contributed by atoms with Crippen molar-refractivity contribution in [1.29, 1.82) is 0 Å². The van der Waals surface area contributed by atoms with E-state index in [0.717, 1.165) is 25.3 Å². The minimum Gasteiger partial charge on any atom is -0.371 e. The molecule has 32 heavy (non-hydrogen) atoms. The summed E-state index contributed by atoms with van der Waals surface area (Å²) in [4.78, 5) is 20.8. The van der Waals surface area contributed by atoms with E-state index in [1.165, 1.54) is 15.5 Å². The minimum absolute atomic E-state index is 0.0916. The van der Waals surface area contributed by atoms with Crippen LogP contribution in [0, 0.1) is 0 Å². The number of rotatable bonds is 5. The Morgan fingerprint density at radius 2 is 1.84 bits per heavy atom. The van der Waals surface area contributed by atoms with Gasteiger partial charge in [0.25, 0.3) is 5.56 Å². The van der Waals surface area contributed by atoms with Crippen LogP contribution < -0.4 is 15.4 Å². The molecular weight excluding hydrogens is 421 g/mol. The normalized spacial score (nSPS) is 27.1. The molecule has 3 atom stereocenters. The molecule has 9 heteroatoms. The molecule has 2 saturated heterocycles. The number of anilines is 2. The van der Waals surface area contributed by atoms with Crippen LogP contribution in [0.2, 0.25) is 0 Å². The molecule has 1 aromatic heterocycles. The van der Waals surface area contributed by atoms with Gasteiger partial charge in [-0.1, -0.05) is 30.3 Å². The van der Waals surface area contributed by atoms with Crippen LogP contribution in [0.25, 0.3) is 0 Å². The van der Waals surface area contributed by atoms with E-state index >= 15 is 0 Å². The van der Waals surface area contributed by atoms with Crippen LogP contribution in [-0.2, 0) is 17.7 Å². The van der Waals surface area contributed by atoms with Crippen molar-refractivity contribution in [2.45, 2.75) is 63.1 Å². The van der Waals surface area contributed by atoms with Gasteiger partial charge in [-0.3, -0.25) is 9.36 Å². The number of morpholine rings is 1. The van der Waals surface area contributed by atoms with E-state index in [4.69, 9.17) is 4.74 Å². The Morgan fingerprint density at radius 1 is 1.16 bits per heavy atom. The fourth-order valence-corrected chi connectivity index (χ4v) is 5.09. The lowest BCUT2D eigenvalue weighted by atomic mass is 10.00. The number of fused-ring (bicyclic) bond motifs is 3. The summed E-state index contributed by atoms with van der Waals surface area (Å²) >= 11 is 0. The standard InChI is InChI=1S/C23H27F3N4O2/c1-22(23(24,25)26)15-29-20(31)12-19(28-13-17-9-10-18(14-28)32-17)27-21(29)30(22)11-5-8-16-6-3-2-4-7-16/h2-4,6-7,12,17-18H,5,8-11,13-15H2,1H3/t17?,18?,22-/m0/s1. The molecule has 2 bridgehead atoms. The third-order valence-electron chi connectivity index (χ3n) is 6.95. The summed E-state index contributed by atoms with van der Waals surface area (Å²) in [5, 5.41) is 0. The van der Waals surface area contributed by atoms with E-state index in [1.54, 1.807) is 0 Å². The van der Waals surface area contributed by atoms with Crippen molar-refractivity contribution >= 4 is 11.8 Å². The fourth-order valence-electron chi connectivity index (χ4n) is 5.09. The number of ether oxygens (including phenoxy) is 1. The summed E-state index contributed by atoms with van der Waals surface area (Å²) in [5.41, 5.74) is -1.54. The van der Waals surface area contributed by atoms with Gasteiger partial charge in [0.2, 0.25) is 5.95 Å². The lowest BCUT2D eigenvalue weighted by Crippen LogP contribution is -2.56. The van der Waals surface area contributed by atoms with Crippen LogP contribution in [0.1, 0.15) is 31.7 Å². The number of aryl methyl sites for hydroxylation is 1. The Bertz CT molecular complexity index is 1030. The van der Waals surface area contributed by atoms with Gasteiger partial charge in [0.15, 0.2) is 5.54 Å². The first kappa shape index (κ1) is 21.3. The van der Waals surface area contributed by atoms with Gasteiger partial charge in [0.05, 0.1) is 18.8 Å². The van der Waals surface area contributed by atoms with Gasteiger partial charge in [0, 0.05) is 25.7 Å². The third kappa shape index (κ3) is 3.66. The monoisotopic (exact) mass is 448 g/mol. The van der Waals surface area contributed by atoms with Gasteiger partial charge >= 0.3 is 6.18 Å². The predicted molar refractivity (Wildman–Crippen MR) is 115 cm³/mol. The summed E-state index contributed by atoms with van der Waals surface area (Å²) in [6.45, 7) is 2.10. The molecule has 6 nitrogen and oxygen atoms in total. The summed E-state index contributed by atoms with van der Waals surface area (Å²) in [6, 6.07) is 11.1. The minimum atomic E-state index is -4.50. The summed E-state index contributed by atoms with van der Waals surface area (Å²) < 4.78 is 49.6. The second-order valence-corrected chi connectivity index (χ2v) is 9.21. The third-order valence-corrected chi connectivity index (χ3v) is 6.95. The van der Waals surface area contributed by atoms with E-state index in [9.17, 15) is 18.0 Å². The quantitative estimate of drug-likeness (QED) is 0.702. The van der Waals surface area contributed by atoms with Crippen molar-refractivity contribution in [2.24, 2.45) is 0 Å². The van der Waals surface area contributed by atoms with Gasteiger partial charge in [-0.05, 0) is 38.2 Å². The van der Waals surface area contributed by atoms with Gasteiger partial charge < -0.3 is 14.5 Å². The van der Waals surface area contributed by atoms with Crippen LogP contribution in [-0.4, -0.2) is 53.1 Å². The molecule has 0 aliphatic carbocycles. The molecule has 2 unspecified atom stereocenters. The molecule has 0 saturated carbocycles. The van der Waals surface area contributed by atoms with E-state index in [0.29, 0.717) is 31.7 Å². The molecule has 3 aliphatic rings. The van der Waals surface area contributed by atoms with Crippen molar-refractivity contribution in [3.05, 3.63) is 52.3 Å². The zero-order valence-corrected chi connectivity index (χ0v) is 18.0. The summed E-state index contributed by atoms with van der Waals surface area (Å²) in [5.74, 6) is 0.556. The topological polar surface area (TPSA) is 50.6 Å². The highest BCUT2D eigenvalue weighted by Gasteiger charge is 2.59. The second kappa shape index (κ2) is 7.79. The maximum Gasteiger partial charge on any atom is 0.413 e. The van der Waals surface area contributed by atoms with E-state index in [1.807, 2.05) is 35.2 Å². The largest absolute Gasteiger partial charge is 0.413 e. The smallest absolute Gasteiger partial charge is 0.371 e. The maximum atomic E-state index is 14.2. The number of nitrogens with zero attached hydrogens (tertiary/aromatic N) is 4. The molecule has 3 aliphatic heterocycles. The van der Waals surface area contributed by atoms with Crippen LogP contribution in [0.5, 0.6) is 0 Å². The Labute approximate surface area is 184 Å². The van der Waals surface area contributed by atoms with Crippen molar-refractivity contribution in [3.8, 4) is 0 Å². The average molecular weight is 448 g/mol. The zero-order valence-electron chi connectivity index (χ0n) is 18.0. The number of halogens is 3. The van der Waals surface area contributed by atoms with Crippen LogP contribution in [0.3, 0.4) is 0 Å². The Morgan fingerprint density at radius 3 is 2.50 bits per heavy atom. The maximum absolute atomic E-state index is 14.2. The van der Waals surface area contributed by atoms with E-state index in [2.05, 4.69) is 4.98 Å². The summed E-state index contributed by atoms with van der Waals surface area (Å²) in [6.07, 6.45) is -1.22. The highest BCUT2D eigenvalue weighted by molar-refractivity contribution is 5.50. The molecule has 0 radical (unpaired) electrons. The molecule has 0 amide bonds. The first-order valence-corrected chi connectivity index (χ1v) is 11.2. The van der Waals surface area contributed by atoms with Gasteiger partial charge in [0.1, 0.15) is 5.82 Å². The van der Waals surface area contributed by atoms with Gasteiger partial charge in [-0.2, -0.15) is 18.2 Å². The molecule has 4 heterocycles. The van der Waals surface area contributed by atoms with Crippen molar-refractivity contribution in [1.82, 2.24) is 9.55 Å². The lowest BCUT2D eigenvalue weighted by Gasteiger charge is -2.37. The molecule has 2 fully saturated rings. The zero-order chi connectivity index (χ0) is 22.5. The van der Waals surface area contributed by atoms with Gasteiger partial charge in [-0.25, -0.2) is 0 Å². The highest BCUT2D eigenvalue weighted by atomic mass is 19.4. The second-order valence-electron chi connectivity index (χ2n) is 9.21. The number of hydrogen-bond acceptors (Lipinski definition) is 5. The first-order valence-electron chi connectivity index (χ1n) is 11.2. The van der Waals surface area contributed by atoms with Gasteiger partial charge in [-0.15, -0.1) is 0 Å². The average Bonchev–Trinajstić information content (AvgIpc) is 3.25. The van der Waals surface area contributed by atoms with Crippen molar-refractivity contribution in [3.63, 3.8) is 0 Å². The number of hydrogen-bond donors (Lipinski definition) is 0. The Balaban J connectivity index is 1.45. The molecule has 5 rings (SSSR count). The van der Waals surface area contributed by atoms with E-state index < -0.39 is 23.8 Å². The molecule has 1 aromatic carbocycles. The SMILES string of the molecule is C[C@@]1(C(F)(F)F)Cn2c(nc(N3CC4CCC(C3)O4)cc2=O)N1CCCc1ccccc1. The summed E-state index contributed by atoms with van der Waals surface area (Å²) in [7, 11) is 0. The molecule has 172 valence electrons. The fraction of sp³-hybridized carbons (Fsp3) is 0.565. The molecular formula is C23H27F3N4O2. The first-order chi connectivity index (χ1) is 15.2. The highest BCUT2D eigenvalue weighted by Crippen LogP contribution is 2.43. The van der Waals surface area contributed by atoms with Crippen LogP contribution >= 0.6 is 0 Å². The Kier molecular flexibility index (Phi) is 5.19. The van der Waals surface area contributed by atoms with E-state index in [-0.39, 0.29) is 24.7 Å². The van der Waals surface area contributed by atoms with Crippen LogP contribution in [0.15, 0.2) is 41.2 Å². The molecule has 2 aromatic rings. The number of alkyl halides is 3. The predicted octanol–water partition coefficient (Wildman–Crippen LogP) is 3.38. The van der Waals surface area contributed by atoms with Crippen molar-refractivity contribution < 1.29 is 17.9 Å². The number of aromatic nitrogens is 2. The molecule has 0 N–H and O–H groups in total. The van der Waals surface area contributed by atoms with Crippen LogP contribution in [0.4, 0.5) is 24.9 Å². The van der Waals surface area contributed by atoms with Crippen molar-refractivity contribution in [2.75, 3.05) is 29.4 Å². The lowest BCUT2D eigenvalue weighted by molar-refractivity contribution is -0.182. The molecule has 0 spiro atoms.